The van der Waals surface area contributed by atoms with Crippen LogP contribution in [0.3, 0.4) is 0 Å². The third kappa shape index (κ3) is 4.07. The Kier molecular flexibility index (Phi) is 5.43. The zero-order valence-electron chi connectivity index (χ0n) is 17.6. The highest BCUT2D eigenvalue weighted by Crippen LogP contribution is 2.25. The predicted octanol–water partition coefficient (Wildman–Crippen LogP) is 3.96. The van der Waals surface area contributed by atoms with Crippen molar-refractivity contribution < 1.29 is 9.59 Å². The van der Waals surface area contributed by atoms with Gasteiger partial charge < -0.3 is 14.8 Å². The number of nitrogens with zero attached hydrogens (tertiary/aromatic N) is 3. The van der Waals surface area contributed by atoms with Crippen LogP contribution in [-0.4, -0.2) is 39.4 Å². The van der Waals surface area contributed by atoms with Crippen LogP contribution in [0.25, 0.3) is 0 Å². The summed E-state index contributed by atoms with van der Waals surface area (Å²) in [5, 5.41) is 2.99. The number of hydrogen-bond acceptors (Lipinski definition) is 3. The average Bonchev–Trinajstić information content (AvgIpc) is 3.06. The number of carbonyl (C=O) groups excluding carboxylic acids is 2. The van der Waals surface area contributed by atoms with E-state index in [1.807, 2.05) is 35.4 Å². The summed E-state index contributed by atoms with van der Waals surface area (Å²) in [6, 6.07) is 5.98. The number of nitrogens with one attached hydrogen (secondary N) is 1. The first-order chi connectivity index (χ1) is 13.9. The first-order valence-electron chi connectivity index (χ1n) is 10.7. The highest BCUT2D eigenvalue weighted by Gasteiger charge is 2.31. The lowest BCUT2D eigenvalue weighted by molar-refractivity contribution is 0.0664. The summed E-state index contributed by atoms with van der Waals surface area (Å²) in [5.41, 5.74) is 4.26. The molecule has 0 saturated carbocycles. The van der Waals surface area contributed by atoms with Gasteiger partial charge >= 0.3 is 0 Å². The number of amides is 2. The van der Waals surface area contributed by atoms with Gasteiger partial charge in [-0.05, 0) is 75.1 Å². The average molecular weight is 395 g/mol. The van der Waals surface area contributed by atoms with Crippen molar-refractivity contribution in [2.24, 2.45) is 5.92 Å². The van der Waals surface area contributed by atoms with E-state index in [1.54, 1.807) is 0 Å². The van der Waals surface area contributed by atoms with Crippen LogP contribution in [0.2, 0.25) is 0 Å². The number of rotatable bonds is 3. The third-order valence-electron chi connectivity index (χ3n) is 5.95. The van der Waals surface area contributed by atoms with Gasteiger partial charge in [-0.15, -0.1) is 0 Å². The van der Waals surface area contributed by atoms with Crippen LogP contribution in [0.1, 0.15) is 70.5 Å². The largest absolute Gasteiger partial charge is 0.336 e. The maximum atomic E-state index is 13.2. The summed E-state index contributed by atoms with van der Waals surface area (Å²) in [4.78, 5) is 32.8. The van der Waals surface area contributed by atoms with Gasteiger partial charge in [0.2, 0.25) is 0 Å². The Morgan fingerprint density at radius 2 is 1.83 bits per heavy atom. The molecule has 1 unspecified atom stereocenters. The van der Waals surface area contributed by atoms with E-state index in [-0.39, 0.29) is 11.8 Å². The van der Waals surface area contributed by atoms with Crippen molar-refractivity contribution in [1.82, 2.24) is 14.5 Å². The minimum Gasteiger partial charge on any atom is -0.336 e. The quantitative estimate of drug-likeness (QED) is 0.857. The molecule has 2 aromatic rings. The van der Waals surface area contributed by atoms with Crippen LogP contribution in [0.4, 0.5) is 5.69 Å². The Labute approximate surface area is 172 Å². The van der Waals surface area contributed by atoms with E-state index in [0.29, 0.717) is 17.4 Å². The summed E-state index contributed by atoms with van der Waals surface area (Å²) in [5.74, 6) is 0.673. The van der Waals surface area contributed by atoms with E-state index < -0.39 is 0 Å². The topological polar surface area (TPSA) is 67.2 Å². The van der Waals surface area contributed by atoms with E-state index >= 15 is 0 Å². The molecule has 6 nitrogen and oxygen atoms in total. The molecule has 1 aromatic carbocycles. The second-order valence-corrected chi connectivity index (χ2v) is 8.67. The Morgan fingerprint density at radius 3 is 2.55 bits per heavy atom. The fourth-order valence-electron chi connectivity index (χ4n) is 4.64. The summed E-state index contributed by atoms with van der Waals surface area (Å²) < 4.78 is 1.99. The lowest BCUT2D eigenvalue weighted by Gasteiger charge is -2.31. The highest BCUT2D eigenvalue weighted by molar-refractivity contribution is 6.05. The zero-order chi connectivity index (χ0) is 20.5. The molecule has 1 N–H and O–H groups in total. The molecule has 154 valence electrons. The van der Waals surface area contributed by atoms with E-state index in [4.69, 9.17) is 0 Å². The SMILES string of the molecule is Cc1cc(C)cc(NC(=O)c2nc(C(=O)N3CCCC(C)C3)n3c2CCCC3)c1. The molecule has 4 rings (SSSR count). The van der Waals surface area contributed by atoms with Crippen LogP contribution in [0, 0.1) is 19.8 Å². The van der Waals surface area contributed by atoms with Gasteiger partial charge in [-0.25, -0.2) is 4.98 Å². The molecular weight excluding hydrogens is 364 g/mol. The second-order valence-electron chi connectivity index (χ2n) is 8.67. The highest BCUT2D eigenvalue weighted by atomic mass is 16.2. The molecule has 2 amide bonds. The van der Waals surface area contributed by atoms with Crippen molar-refractivity contribution in [2.45, 2.75) is 59.4 Å². The van der Waals surface area contributed by atoms with E-state index in [1.165, 1.54) is 0 Å². The van der Waals surface area contributed by atoms with Crippen molar-refractivity contribution in [2.75, 3.05) is 18.4 Å². The molecule has 0 bridgehead atoms. The molecule has 6 heteroatoms. The number of likely N-dealkylation sites (tertiary alicyclic amines) is 1. The van der Waals surface area contributed by atoms with Crippen molar-refractivity contribution in [3.63, 3.8) is 0 Å². The molecule has 3 heterocycles. The standard InChI is InChI=1S/C23H30N4O2/c1-15-7-6-9-26(14-15)23(29)21-25-20(19-8-4-5-10-27(19)21)22(28)24-18-12-16(2)11-17(3)13-18/h11-13,15H,4-10,14H2,1-3H3,(H,24,28). The van der Waals surface area contributed by atoms with Crippen LogP contribution in [0.5, 0.6) is 0 Å². The molecule has 0 aliphatic carbocycles. The molecule has 0 radical (unpaired) electrons. The number of anilines is 1. The number of aromatic nitrogens is 2. The Balaban J connectivity index is 1.63. The fourth-order valence-corrected chi connectivity index (χ4v) is 4.64. The molecule has 2 aliphatic heterocycles. The molecular formula is C23H30N4O2. The number of piperidine rings is 1. The molecule has 29 heavy (non-hydrogen) atoms. The second kappa shape index (κ2) is 8.01. The monoisotopic (exact) mass is 394 g/mol. The van der Waals surface area contributed by atoms with Crippen molar-refractivity contribution in [3.05, 3.63) is 46.5 Å². The summed E-state index contributed by atoms with van der Waals surface area (Å²) in [6.07, 6.45) is 5.00. The van der Waals surface area contributed by atoms with Crippen molar-refractivity contribution >= 4 is 17.5 Å². The van der Waals surface area contributed by atoms with Crippen LogP contribution in [-0.2, 0) is 13.0 Å². The zero-order valence-corrected chi connectivity index (χ0v) is 17.6. The molecule has 1 atom stereocenters. The Bertz CT molecular complexity index is 926. The lowest BCUT2D eigenvalue weighted by atomic mass is 10.0. The lowest BCUT2D eigenvalue weighted by Crippen LogP contribution is -2.40. The maximum absolute atomic E-state index is 13.2. The van der Waals surface area contributed by atoms with Crippen molar-refractivity contribution in [3.8, 4) is 0 Å². The smallest absolute Gasteiger partial charge is 0.289 e. The number of aryl methyl sites for hydroxylation is 2. The van der Waals surface area contributed by atoms with E-state index in [9.17, 15) is 9.59 Å². The third-order valence-corrected chi connectivity index (χ3v) is 5.95. The first-order valence-corrected chi connectivity index (χ1v) is 10.7. The summed E-state index contributed by atoms with van der Waals surface area (Å²) >= 11 is 0. The van der Waals surface area contributed by atoms with Gasteiger partial charge in [-0.2, -0.15) is 0 Å². The van der Waals surface area contributed by atoms with Gasteiger partial charge in [0.15, 0.2) is 11.5 Å². The predicted molar refractivity (Wildman–Crippen MR) is 113 cm³/mol. The Morgan fingerprint density at radius 1 is 1.07 bits per heavy atom. The molecule has 0 spiro atoms. The van der Waals surface area contributed by atoms with Crippen LogP contribution < -0.4 is 5.32 Å². The number of benzene rings is 1. The van der Waals surface area contributed by atoms with Gasteiger partial charge in [0.1, 0.15) is 0 Å². The van der Waals surface area contributed by atoms with E-state index in [2.05, 4.69) is 23.3 Å². The summed E-state index contributed by atoms with van der Waals surface area (Å²) in [6.45, 7) is 8.50. The van der Waals surface area contributed by atoms with Gasteiger partial charge in [0.25, 0.3) is 11.8 Å². The molecule has 1 fully saturated rings. The van der Waals surface area contributed by atoms with Gasteiger partial charge in [-0.1, -0.05) is 13.0 Å². The van der Waals surface area contributed by atoms with E-state index in [0.717, 1.165) is 74.2 Å². The summed E-state index contributed by atoms with van der Waals surface area (Å²) in [7, 11) is 0. The minimum atomic E-state index is -0.230. The maximum Gasteiger partial charge on any atom is 0.289 e. The number of carbonyl (C=O) groups is 2. The molecule has 1 aromatic heterocycles. The fraction of sp³-hybridized carbons (Fsp3) is 0.522. The number of hydrogen-bond donors (Lipinski definition) is 1. The van der Waals surface area contributed by atoms with Crippen LogP contribution >= 0.6 is 0 Å². The van der Waals surface area contributed by atoms with Gasteiger partial charge in [0, 0.05) is 25.3 Å². The first kappa shape index (κ1) is 19.7. The van der Waals surface area contributed by atoms with Crippen molar-refractivity contribution in [1.29, 1.82) is 0 Å². The van der Waals surface area contributed by atoms with Gasteiger partial charge in [0.05, 0.1) is 5.69 Å². The van der Waals surface area contributed by atoms with Gasteiger partial charge in [-0.3, -0.25) is 9.59 Å². The minimum absolute atomic E-state index is 0.0369. The number of imidazole rings is 1. The van der Waals surface area contributed by atoms with Crippen LogP contribution in [0.15, 0.2) is 18.2 Å². The molecule has 2 aliphatic rings. The number of fused-ring (bicyclic) bond motifs is 1. The molecule has 1 saturated heterocycles. The Hall–Kier alpha value is -2.63. The normalized spacial score (nSPS) is 19.0.